The van der Waals surface area contributed by atoms with Crippen LogP contribution in [0.3, 0.4) is 0 Å². The molecule has 2 N–H and O–H groups in total. The normalized spacial score (nSPS) is 28.2. The van der Waals surface area contributed by atoms with Crippen molar-refractivity contribution >= 4 is 0 Å². The summed E-state index contributed by atoms with van der Waals surface area (Å²) in [5, 5.41) is 0. The molecule has 1 saturated heterocycles. The standard InChI is InChI=1S/C11H22N2/c1-2-10(4-7-12)13-8-11(9-13)5-3-6-11/h10H,2-9,12H2,1H3. The zero-order valence-electron chi connectivity index (χ0n) is 8.76. The SMILES string of the molecule is CCC(CCN)N1CC2(CCC2)C1. The zero-order valence-corrected chi connectivity index (χ0v) is 8.76. The minimum Gasteiger partial charge on any atom is -0.330 e. The smallest absolute Gasteiger partial charge is 0.0105 e. The average molecular weight is 182 g/mol. The fourth-order valence-electron chi connectivity index (χ4n) is 2.90. The first-order valence-corrected chi connectivity index (χ1v) is 5.74. The van der Waals surface area contributed by atoms with Crippen molar-refractivity contribution in [2.45, 2.75) is 45.1 Å². The molecule has 13 heavy (non-hydrogen) atoms. The minimum absolute atomic E-state index is 0.774. The lowest BCUT2D eigenvalue weighted by molar-refractivity contribution is -0.0846. The van der Waals surface area contributed by atoms with Gasteiger partial charge in [0.2, 0.25) is 0 Å². The van der Waals surface area contributed by atoms with Gasteiger partial charge in [0.05, 0.1) is 0 Å². The number of nitrogens with zero attached hydrogens (tertiary/aromatic N) is 1. The van der Waals surface area contributed by atoms with Crippen molar-refractivity contribution in [3.8, 4) is 0 Å². The van der Waals surface area contributed by atoms with Crippen molar-refractivity contribution < 1.29 is 0 Å². The van der Waals surface area contributed by atoms with E-state index in [4.69, 9.17) is 5.73 Å². The maximum Gasteiger partial charge on any atom is 0.0105 e. The first-order chi connectivity index (χ1) is 6.29. The van der Waals surface area contributed by atoms with E-state index < -0.39 is 0 Å². The van der Waals surface area contributed by atoms with E-state index in [1.807, 2.05) is 0 Å². The van der Waals surface area contributed by atoms with Crippen LogP contribution in [0.2, 0.25) is 0 Å². The Morgan fingerprint density at radius 2 is 2.08 bits per heavy atom. The molecular weight excluding hydrogens is 160 g/mol. The second-order valence-electron chi connectivity index (χ2n) is 4.90. The summed E-state index contributed by atoms with van der Waals surface area (Å²) in [6.45, 7) is 5.87. The van der Waals surface area contributed by atoms with Crippen LogP contribution in [0.1, 0.15) is 39.0 Å². The molecule has 2 fully saturated rings. The Morgan fingerprint density at radius 3 is 2.46 bits per heavy atom. The fourth-order valence-corrected chi connectivity index (χ4v) is 2.90. The van der Waals surface area contributed by atoms with Crippen LogP contribution in [0.4, 0.5) is 0 Å². The van der Waals surface area contributed by atoms with Crippen molar-refractivity contribution in [3.63, 3.8) is 0 Å². The summed E-state index contributed by atoms with van der Waals surface area (Å²) in [4.78, 5) is 2.64. The Morgan fingerprint density at radius 1 is 1.38 bits per heavy atom. The number of rotatable bonds is 4. The largest absolute Gasteiger partial charge is 0.330 e. The second-order valence-corrected chi connectivity index (χ2v) is 4.90. The van der Waals surface area contributed by atoms with Gasteiger partial charge in [0.15, 0.2) is 0 Å². The van der Waals surface area contributed by atoms with E-state index >= 15 is 0 Å². The third kappa shape index (κ3) is 1.62. The fraction of sp³-hybridized carbons (Fsp3) is 1.00. The summed E-state index contributed by atoms with van der Waals surface area (Å²) in [7, 11) is 0. The lowest BCUT2D eigenvalue weighted by Crippen LogP contribution is -2.62. The lowest BCUT2D eigenvalue weighted by Gasteiger charge is -2.58. The van der Waals surface area contributed by atoms with E-state index in [-0.39, 0.29) is 0 Å². The highest BCUT2D eigenvalue weighted by molar-refractivity contribution is 5.02. The van der Waals surface area contributed by atoms with Crippen molar-refractivity contribution in [2.24, 2.45) is 11.1 Å². The Labute approximate surface area is 81.5 Å². The van der Waals surface area contributed by atoms with Crippen molar-refractivity contribution in [1.82, 2.24) is 4.90 Å². The molecule has 1 saturated carbocycles. The molecule has 0 aromatic heterocycles. The molecule has 1 atom stereocenters. The third-order valence-electron chi connectivity index (χ3n) is 3.98. The molecule has 2 rings (SSSR count). The van der Waals surface area contributed by atoms with Crippen LogP contribution in [-0.2, 0) is 0 Å². The highest BCUT2D eigenvalue weighted by atomic mass is 15.2. The van der Waals surface area contributed by atoms with Crippen LogP contribution in [0.15, 0.2) is 0 Å². The predicted molar refractivity (Wildman–Crippen MR) is 55.6 cm³/mol. The zero-order chi connectivity index (χ0) is 9.31. The molecule has 0 aromatic carbocycles. The topological polar surface area (TPSA) is 29.3 Å². The molecule has 1 aliphatic heterocycles. The van der Waals surface area contributed by atoms with Crippen LogP contribution in [-0.4, -0.2) is 30.6 Å². The summed E-state index contributed by atoms with van der Waals surface area (Å²) < 4.78 is 0. The molecule has 0 bridgehead atoms. The van der Waals surface area contributed by atoms with E-state index in [0.29, 0.717) is 0 Å². The van der Waals surface area contributed by atoms with Gasteiger partial charge in [-0.05, 0) is 37.6 Å². The van der Waals surface area contributed by atoms with E-state index in [1.165, 1.54) is 45.2 Å². The van der Waals surface area contributed by atoms with Gasteiger partial charge in [-0.25, -0.2) is 0 Å². The number of nitrogens with two attached hydrogens (primary N) is 1. The molecule has 76 valence electrons. The maximum atomic E-state index is 5.61. The van der Waals surface area contributed by atoms with Gasteiger partial charge in [0.25, 0.3) is 0 Å². The molecule has 1 spiro atoms. The van der Waals surface area contributed by atoms with Crippen molar-refractivity contribution in [3.05, 3.63) is 0 Å². The van der Waals surface area contributed by atoms with E-state index in [1.54, 1.807) is 0 Å². The van der Waals surface area contributed by atoms with Crippen LogP contribution < -0.4 is 5.73 Å². The lowest BCUT2D eigenvalue weighted by atomic mass is 9.63. The number of hydrogen-bond acceptors (Lipinski definition) is 2. The second kappa shape index (κ2) is 3.58. The van der Waals surface area contributed by atoms with Crippen LogP contribution in [0.25, 0.3) is 0 Å². The van der Waals surface area contributed by atoms with Gasteiger partial charge in [-0.2, -0.15) is 0 Å². The predicted octanol–water partition coefficient (Wildman–Crippen LogP) is 1.60. The summed E-state index contributed by atoms with van der Waals surface area (Å²) in [6, 6.07) is 0.774. The highest BCUT2D eigenvalue weighted by Gasteiger charge is 2.48. The monoisotopic (exact) mass is 182 g/mol. The molecule has 1 aliphatic carbocycles. The first kappa shape index (κ1) is 9.47. The molecule has 0 aromatic rings. The molecule has 1 heterocycles. The highest BCUT2D eigenvalue weighted by Crippen LogP contribution is 2.49. The van der Waals surface area contributed by atoms with Crippen LogP contribution >= 0.6 is 0 Å². The van der Waals surface area contributed by atoms with Gasteiger partial charge in [-0.15, -0.1) is 0 Å². The van der Waals surface area contributed by atoms with Gasteiger partial charge in [-0.1, -0.05) is 13.3 Å². The van der Waals surface area contributed by atoms with E-state index in [2.05, 4.69) is 11.8 Å². The molecule has 2 aliphatic rings. The van der Waals surface area contributed by atoms with Crippen LogP contribution in [0.5, 0.6) is 0 Å². The molecule has 0 radical (unpaired) electrons. The average Bonchev–Trinajstić information content (AvgIpc) is 1.97. The van der Waals surface area contributed by atoms with E-state index in [9.17, 15) is 0 Å². The molecule has 1 unspecified atom stereocenters. The third-order valence-corrected chi connectivity index (χ3v) is 3.98. The van der Waals surface area contributed by atoms with Crippen molar-refractivity contribution in [1.29, 1.82) is 0 Å². The summed E-state index contributed by atoms with van der Waals surface area (Å²) in [6.07, 6.45) is 6.91. The van der Waals surface area contributed by atoms with Gasteiger partial charge in [0.1, 0.15) is 0 Å². The Balaban J connectivity index is 1.76. The minimum atomic E-state index is 0.774. The maximum absolute atomic E-state index is 5.61. The molecular formula is C11H22N2. The Hall–Kier alpha value is -0.0800. The summed E-state index contributed by atoms with van der Waals surface area (Å²) in [5.74, 6) is 0. The van der Waals surface area contributed by atoms with E-state index in [0.717, 1.165) is 18.0 Å². The molecule has 0 amide bonds. The van der Waals surface area contributed by atoms with Gasteiger partial charge < -0.3 is 5.73 Å². The molecule has 2 heteroatoms. The quantitative estimate of drug-likeness (QED) is 0.715. The van der Waals surface area contributed by atoms with Crippen LogP contribution in [0, 0.1) is 5.41 Å². The van der Waals surface area contributed by atoms with Gasteiger partial charge in [0, 0.05) is 19.1 Å². The first-order valence-electron chi connectivity index (χ1n) is 5.74. The molecule has 2 nitrogen and oxygen atoms in total. The van der Waals surface area contributed by atoms with Gasteiger partial charge >= 0.3 is 0 Å². The Bertz CT molecular complexity index is 167. The summed E-state index contributed by atoms with van der Waals surface area (Å²) in [5.41, 5.74) is 6.39. The Kier molecular flexibility index (Phi) is 2.61. The number of likely N-dealkylation sites (tertiary alicyclic amines) is 1. The number of hydrogen-bond donors (Lipinski definition) is 1. The summed E-state index contributed by atoms with van der Waals surface area (Å²) >= 11 is 0. The van der Waals surface area contributed by atoms with Crippen molar-refractivity contribution in [2.75, 3.05) is 19.6 Å². The van der Waals surface area contributed by atoms with Gasteiger partial charge in [-0.3, -0.25) is 4.90 Å².